The van der Waals surface area contributed by atoms with Gasteiger partial charge in [-0.25, -0.2) is 0 Å². The van der Waals surface area contributed by atoms with Crippen molar-refractivity contribution in [3.63, 3.8) is 0 Å². The number of halogens is 4. The number of aliphatic hydroxyl groups is 1. The van der Waals surface area contributed by atoms with Gasteiger partial charge in [-0.05, 0) is 34.1 Å². The predicted octanol–water partition coefficient (Wildman–Crippen LogP) is 2.44. The summed E-state index contributed by atoms with van der Waals surface area (Å²) >= 11 is 3.06. The highest BCUT2D eigenvalue weighted by atomic mass is 79.9. The minimum Gasteiger partial charge on any atom is -0.450 e. The fourth-order valence-electron chi connectivity index (χ4n) is 1.28. The zero-order valence-electron chi connectivity index (χ0n) is 9.65. The predicted molar refractivity (Wildman–Crippen MR) is 65.2 cm³/mol. The van der Waals surface area contributed by atoms with E-state index in [9.17, 15) is 18.0 Å². The van der Waals surface area contributed by atoms with Crippen molar-refractivity contribution in [1.29, 1.82) is 0 Å². The van der Waals surface area contributed by atoms with Gasteiger partial charge in [0.15, 0.2) is 4.67 Å². The number of carbonyl (C=O) groups excluding carboxylic acids is 1. The summed E-state index contributed by atoms with van der Waals surface area (Å²) in [5, 5.41) is 8.66. The van der Waals surface area contributed by atoms with Gasteiger partial charge in [0.25, 0.3) is 0 Å². The number of alkyl halides is 3. The van der Waals surface area contributed by atoms with Crippen LogP contribution in [0.1, 0.15) is 5.76 Å². The molecule has 1 rings (SSSR count). The maximum atomic E-state index is 12.2. The SMILES string of the molecule is O=C(/C=C/c1ccc(Br)o1)N(CCO)CC(F)(F)F. The highest BCUT2D eigenvalue weighted by Gasteiger charge is 2.32. The Labute approximate surface area is 115 Å². The molecule has 1 amide bonds. The van der Waals surface area contributed by atoms with Crippen LogP contribution in [0, 0.1) is 0 Å². The third-order valence-corrected chi connectivity index (χ3v) is 2.46. The molecule has 0 saturated heterocycles. The summed E-state index contributed by atoms with van der Waals surface area (Å²) in [6.07, 6.45) is -2.28. The molecule has 1 aromatic rings. The molecule has 0 aliphatic carbocycles. The third-order valence-electron chi connectivity index (χ3n) is 2.04. The summed E-state index contributed by atoms with van der Waals surface area (Å²) in [5.41, 5.74) is 0. The zero-order valence-corrected chi connectivity index (χ0v) is 11.2. The molecule has 0 aliphatic rings. The van der Waals surface area contributed by atoms with Crippen molar-refractivity contribution in [2.24, 2.45) is 0 Å². The van der Waals surface area contributed by atoms with Gasteiger partial charge in [-0.1, -0.05) is 0 Å². The molecule has 1 heterocycles. The van der Waals surface area contributed by atoms with E-state index in [0.717, 1.165) is 6.08 Å². The standard InChI is InChI=1S/C11H11BrF3NO3/c12-9-3-1-8(19-9)2-4-10(18)16(5-6-17)7-11(13,14)15/h1-4,17H,5-7H2/b4-2+. The largest absolute Gasteiger partial charge is 0.450 e. The molecule has 0 aliphatic heterocycles. The highest BCUT2D eigenvalue weighted by Crippen LogP contribution is 2.17. The van der Waals surface area contributed by atoms with E-state index in [4.69, 9.17) is 9.52 Å². The van der Waals surface area contributed by atoms with Crippen LogP contribution in [0.3, 0.4) is 0 Å². The van der Waals surface area contributed by atoms with Crippen LogP contribution in [0.2, 0.25) is 0 Å². The molecule has 0 fully saturated rings. The van der Waals surface area contributed by atoms with Gasteiger partial charge in [0.05, 0.1) is 6.61 Å². The first kappa shape index (κ1) is 15.8. The van der Waals surface area contributed by atoms with E-state index < -0.39 is 25.2 Å². The van der Waals surface area contributed by atoms with Crippen LogP contribution in [-0.2, 0) is 4.79 Å². The van der Waals surface area contributed by atoms with Gasteiger partial charge in [0, 0.05) is 12.6 Å². The van der Waals surface area contributed by atoms with Crippen LogP contribution in [0.25, 0.3) is 6.08 Å². The summed E-state index contributed by atoms with van der Waals surface area (Å²) in [5.74, 6) is -0.518. The molecule has 0 spiro atoms. The summed E-state index contributed by atoms with van der Waals surface area (Å²) in [4.78, 5) is 12.1. The van der Waals surface area contributed by atoms with Crippen LogP contribution in [0.5, 0.6) is 0 Å². The minimum atomic E-state index is -4.51. The van der Waals surface area contributed by atoms with Crippen LogP contribution in [0.4, 0.5) is 13.2 Å². The summed E-state index contributed by atoms with van der Waals surface area (Å²) < 4.78 is 42.2. The van der Waals surface area contributed by atoms with Gasteiger partial charge in [-0.15, -0.1) is 0 Å². The molecule has 106 valence electrons. The third kappa shape index (κ3) is 5.93. The maximum absolute atomic E-state index is 12.2. The van der Waals surface area contributed by atoms with Gasteiger partial charge in [-0.2, -0.15) is 13.2 Å². The van der Waals surface area contributed by atoms with E-state index in [-0.39, 0.29) is 6.54 Å². The molecule has 0 atom stereocenters. The molecule has 0 saturated carbocycles. The Hall–Kier alpha value is -1.28. The van der Waals surface area contributed by atoms with Crippen LogP contribution >= 0.6 is 15.9 Å². The molecule has 0 radical (unpaired) electrons. The topological polar surface area (TPSA) is 53.7 Å². The average molecular weight is 342 g/mol. The van der Waals surface area contributed by atoms with E-state index in [1.807, 2.05) is 0 Å². The lowest BCUT2D eigenvalue weighted by Crippen LogP contribution is -2.39. The summed E-state index contributed by atoms with van der Waals surface area (Å²) in [6, 6.07) is 3.14. The average Bonchev–Trinajstić information content (AvgIpc) is 2.70. The van der Waals surface area contributed by atoms with Crippen molar-refractivity contribution >= 4 is 27.9 Å². The van der Waals surface area contributed by atoms with Gasteiger partial charge in [-0.3, -0.25) is 4.79 Å². The first-order valence-electron chi connectivity index (χ1n) is 5.22. The second-order valence-electron chi connectivity index (χ2n) is 3.57. The number of hydrogen-bond donors (Lipinski definition) is 1. The Kier molecular flexibility index (Phi) is 5.61. The monoisotopic (exact) mass is 341 g/mol. The van der Waals surface area contributed by atoms with Crippen molar-refractivity contribution in [3.8, 4) is 0 Å². The number of hydrogen-bond acceptors (Lipinski definition) is 3. The molecule has 0 unspecified atom stereocenters. The number of carbonyl (C=O) groups is 1. The second-order valence-corrected chi connectivity index (χ2v) is 4.36. The number of aliphatic hydroxyl groups excluding tert-OH is 1. The molecule has 0 bridgehead atoms. The molecule has 1 aromatic heterocycles. The van der Waals surface area contributed by atoms with Crippen molar-refractivity contribution in [2.45, 2.75) is 6.18 Å². The first-order chi connectivity index (χ1) is 8.81. The summed E-state index contributed by atoms with van der Waals surface area (Å²) in [7, 11) is 0. The smallest absolute Gasteiger partial charge is 0.406 e. The van der Waals surface area contributed by atoms with Gasteiger partial charge < -0.3 is 14.4 Å². The van der Waals surface area contributed by atoms with Gasteiger partial charge in [0.1, 0.15) is 12.3 Å². The van der Waals surface area contributed by atoms with Crippen molar-refractivity contribution in [2.75, 3.05) is 19.7 Å². The maximum Gasteiger partial charge on any atom is 0.406 e. The molecule has 19 heavy (non-hydrogen) atoms. The lowest BCUT2D eigenvalue weighted by Gasteiger charge is -2.21. The van der Waals surface area contributed by atoms with Crippen molar-refractivity contribution < 1.29 is 27.5 Å². The highest BCUT2D eigenvalue weighted by molar-refractivity contribution is 9.10. The van der Waals surface area contributed by atoms with E-state index in [1.54, 1.807) is 12.1 Å². The molecule has 8 heteroatoms. The number of rotatable bonds is 5. The van der Waals surface area contributed by atoms with E-state index in [2.05, 4.69) is 15.9 Å². The quantitative estimate of drug-likeness (QED) is 0.837. The van der Waals surface area contributed by atoms with E-state index in [1.165, 1.54) is 6.08 Å². The lowest BCUT2D eigenvalue weighted by molar-refractivity contribution is -0.158. The Morgan fingerprint density at radius 3 is 2.63 bits per heavy atom. The van der Waals surface area contributed by atoms with E-state index >= 15 is 0 Å². The van der Waals surface area contributed by atoms with Crippen molar-refractivity contribution in [3.05, 3.63) is 28.6 Å². The molecule has 1 N–H and O–H groups in total. The molecular weight excluding hydrogens is 331 g/mol. The van der Waals surface area contributed by atoms with Crippen LogP contribution in [0.15, 0.2) is 27.3 Å². The minimum absolute atomic E-state index is 0.330. The van der Waals surface area contributed by atoms with Gasteiger partial charge in [0.2, 0.25) is 5.91 Å². The number of amides is 1. The van der Waals surface area contributed by atoms with Crippen LogP contribution < -0.4 is 0 Å². The lowest BCUT2D eigenvalue weighted by atomic mass is 10.3. The molecule has 0 aromatic carbocycles. The second kappa shape index (κ2) is 6.76. The van der Waals surface area contributed by atoms with Gasteiger partial charge >= 0.3 is 6.18 Å². The Balaban J connectivity index is 2.69. The Morgan fingerprint density at radius 2 is 2.16 bits per heavy atom. The van der Waals surface area contributed by atoms with Crippen molar-refractivity contribution in [1.82, 2.24) is 4.90 Å². The molecular formula is C11H11BrF3NO3. The van der Waals surface area contributed by atoms with E-state index in [0.29, 0.717) is 15.3 Å². The summed E-state index contributed by atoms with van der Waals surface area (Å²) in [6.45, 7) is -2.33. The fraction of sp³-hybridized carbons (Fsp3) is 0.364. The van der Waals surface area contributed by atoms with Crippen LogP contribution in [-0.4, -0.2) is 41.8 Å². The molecule has 4 nitrogen and oxygen atoms in total. The number of nitrogens with zero attached hydrogens (tertiary/aromatic N) is 1. The fourth-order valence-corrected chi connectivity index (χ4v) is 1.60. The Bertz CT molecular complexity index is 456. The zero-order chi connectivity index (χ0) is 14.5. The number of furan rings is 1. The normalized spacial score (nSPS) is 12.1. The first-order valence-corrected chi connectivity index (χ1v) is 6.01. The Morgan fingerprint density at radius 1 is 1.47 bits per heavy atom.